The third-order valence-electron chi connectivity index (χ3n) is 6.13. The number of para-hydroxylation sites is 1. The first kappa shape index (κ1) is 23.9. The van der Waals surface area contributed by atoms with E-state index in [1.807, 2.05) is 37.3 Å². The van der Waals surface area contributed by atoms with Crippen molar-refractivity contribution in [3.05, 3.63) is 81.2 Å². The van der Waals surface area contributed by atoms with Gasteiger partial charge in [0, 0.05) is 34.9 Å². The van der Waals surface area contributed by atoms with Gasteiger partial charge in [-0.2, -0.15) is 0 Å². The first-order chi connectivity index (χ1) is 16.4. The van der Waals surface area contributed by atoms with E-state index in [2.05, 4.69) is 5.32 Å². The van der Waals surface area contributed by atoms with Crippen molar-refractivity contribution < 1.29 is 23.8 Å². The normalized spacial score (nSPS) is 17.8. The van der Waals surface area contributed by atoms with Crippen LogP contribution < -0.4 is 14.8 Å². The maximum Gasteiger partial charge on any atom is 0.336 e. The summed E-state index contributed by atoms with van der Waals surface area (Å²) in [6, 6.07) is 12.9. The summed E-state index contributed by atoms with van der Waals surface area (Å²) >= 11 is 6.24. The monoisotopic (exact) mass is 481 g/mol. The average Bonchev–Trinajstić information content (AvgIpc) is 2.82. The number of benzene rings is 2. The van der Waals surface area contributed by atoms with E-state index in [0.29, 0.717) is 39.8 Å². The van der Waals surface area contributed by atoms with Crippen LogP contribution >= 0.6 is 11.6 Å². The van der Waals surface area contributed by atoms with Gasteiger partial charge in [0.1, 0.15) is 18.1 Å². The Morgan fingerprint density at radius 2 is 1.94 bits per heavy atom. The standard InChI is InChI=1S/C27H28ClNO5/c1-4-33-27(31)24-16(2)29-20-9-7-10-21(30)26(20)25(24)17-12-13-22(32-3)18(14-17)15-34-23-11-6-5-8-19(23)28/h5-6,8,11-14,25,29H,4,7,9-10,15H2,1-3H3. The minimum absolute atomic E-state index is 0.0535. The fourth-order valence-corrected chi connectivity index (χ4v) is 4.79. The number of halogens is 1. The predicted molar refractivity (Wildman–Crippen MR) is 130 cm³/mol. The van der Waals surface area contributed by atoms with Crippen molar-refractivity contribution in [2.24, 2.45) is 0 Å². The molecule has 178 valence electrons. The highest BCUT2D eigenvalue weighted by molar-refractivity contribution is 6.32. The van der Waals surface area contributed by atoms with Crippen LogP contribution in [0.1, 0.15) is 50.2 Å². The first-order valence-corrected chi connectivity index (χ1v) is 11.8. The Kier molecular flexibility index (Phi) is 7.27. The number of Topliss-reactive ketones (excluding diaryl/α,β-unsaturated/α-hetero) is 1. The maximum absolute atomic E-state index is 13.1. The number of dihydropyridines is 1. The summed E-state index contributed by atoms with van der Waals surface area (Å²) in [6.07, 6.45) is 2.02. The minimum atomic E-state index is -0.520. The van der Waals surface area contributed by atoms with E-state index in [1.54, 1.807) is 26.2 Å². The fourth-order valence-electron chi connectivity index (χ4n) is 4.60. The number of ether oxygens (including phenoxy) is 3. The molecule has 34 heavy (non-hydrogen) atoms. The van der Waals surface area contributed by atoms with Crippen LogP contribution in [0.15, 0.2) is 65.0 Å². The number of esters is 1. The molecule has 1 atom stereocenters. The van der Waals surface area contributed by atoms with Gasteiger partial charge in [-0.1, -0.05) is 29.8 Å². The molecule has 6 nitrogen and oxygen atoms in total. The molecule has 0 bridgehead atoms. The third-order valence-corrected chi connectivity index (χ3v) is 6.44. The molecule has 7 heteroatoms. The van der Waals surface area contributed by atoms with Gasteiger partial charge in [-0.05, 0) is 56.5 Å². The highest BCUT2D eigenvalue weighted by Gasteiger charge is 2.39. The molecule has 0 saturated heterocycles. The Bertz CT molecular complexity index is 1180. The lowest BCUT2D eigenvalue weighted by Gasteiger charge is -2.34. The van der Waals surface area contributed by atoms with E-state index < -0.39 is 11.9 Å². The number of carbonyl (C=O) groups excluding carboxylic acids is 2. The van der Waals surface area contributed by atoms with Crippen molar-refractivity contribution >= 4 is 23.4 Å². The van der Waals surface area contributed by atoms with Crippen LogP contribution in [0.2, 0.25) is 5.02 Å². The quantitative estimate of drug-likeness (QED) is 0.529. The van der Waals surface area contributed by atoms with Gasteiger partial charge >= 0.3 is 5.97 Å². The fraction of sp³-hybridized carbons (Fsp3) is 0.333. The zero-order chi connectivity index (χ0) is 24.2. The van der Waals surface area contributed by atoms with Crippen molar-refractivity contribution in [3.63, 3.8) is 0 Å². The van der Waals surface area contributed by atoms with E-state index in [1.165, 1.54) is 0 Å². The van der Waals surface area contributed by atoms with Crippen LogP contribution in [-0.4, -0.2) is 25.5 Å². The number of hydrogen-bond acceptors (Lipinski definition) is 6. The molecular weight excluding hydrogens is 454 g/mol. The van der Waals surface area contributed by atoms with E-state index in [9.17, 15) is 9.59 Å². The zero-order valence-electron chi connectivity index (χ0n) is 19.6. The van der Waals surface area contributed by atoms with Crippen LogP contribution in [0.4, 0.5) is 0 Å². The Morgan fingerprint density at radius 1 is 1.15 bits per heavy atom. The van der Waals surface area contributed by atoms with E-state index in [0.717, 1.165) is 29.7 Å². The van der Waals surface area contributed by atoms with E-state index >= 15 is 0 Å². The number of methoxy groups -OCH3 is 1. The Labute approximate surface area is 204 Å². The summed E-state index contributed by atoms with van der Waals surface area (Å²) in [5.74, 6) is 0.319. The molecule has 0 fully saturated rings. The molecular formula is C27H28ClNO5. The van der Waals surface area contributed by atoms with Crippen molar-refractivity contribution in [2.45, 2.75) is 45.6 Å². The number of ketones is 1. The molecule has 2 aliphatic rings. The summed E-state index contributed by atoms with van der Waals surface area (Å²) in [4.78, 5) is 26.1. The molecule has 1 heterocycles. The Morgan fingerprint density at radius 3 is 2.68 bits per heavy atom. The smallest absolute Gasteiger partial charge is 0.336 e. The largest absolute Gasteiger partial charge is 0.496 e. The van der Waals surface area contributed by atoms with Crippen LogP contribution in [-0.2, 0) is 20.9 Å². The SMILES string of the molecule is CCOC(=O)C1=C(C)NC2=C(C(=O)CCC2)C1c1ccc(OC)c(COc2ccccc2Cl)c1. The molecule has 0 aromatic heterocycles. The van der Waals surface area contributed by atoms with Crippen molar-refractivity contribution in [2.75, 3.05) is 13.7 Å². The number of hydrogen-bond donors (Lipinski definition) is 1. The van der Waals surface area contributed by atoms with Crippen LogP contribution in [0, 0.1) is 0 Å². The number of allylic oxidation sites excluding steroid dienone is 3. The summed E-state index contributed by atoms with van der Waals surface area (Å²) in [6.45, 7) is 4.09. The predicted octanol–water partition coefficient (Wildman–Crippen LogP) is 5.46. The molecule has 0 saturated carbocycles. The second-order valence-electron chi connectivity index (χ2n) is 8.28. The van der Waals surface area contributed by atoms with Gasteiger partial charge in [-0.15, -0.1) is 0 Å². The lowest BCUT2D eigenvalue weighted by atomic mass is 9.75. The molecule has 1 aliphatic heterocycles. The highest BCUT2D eigenvalue weighted by Crippen LogP contribution is 2.43. The van der Waals surface area contributed by atoms with E-state index in [4.69, 9.17) is 25.8 Å². The molecule has 1 N–H and O–H groups in total. The van der Waals surface area contributed by atoms with Crippen molar-refractivity contribution in [3.8, 4) is 11.5 Å². The summed E-state index contributed by atoms with van der Waals surface area (Å²) in [5.41, 5.74) is 4.29. The molecule has 4 rings (SSSR count). The Hall–Kier alpha value is -3.25. The van der Waals surface area contributed by atoms with Gasteiger partial charge in [-0.3, -0.25) is 4.79 Å². The minimum Gasteiger partial charge on any atom is -0.496 e. The van der Waals surface area contributed by atoms with Crippen LogP contribution in [0.3, 0.4) is 0 Å². The van der Waals surface area contributed by atoms with Gasteiger partial charge in [0.25, 0.3) is 0 Å². The topological polar surface area (TPSA) is 73.9 Å². The number of rotatable bonds is 7. The van der Waals surface area contributed by atoms with Gasteiger partial charge in [0.2, 0.25) is 0 Å². The van der Waals surface area contributed by atoms with E-state index in [-0.39, 0.29) is 19.0 Å². The second kappa shape index (κ2) is 10.3. The average molecular weight is 482 g/mol. The third kappa shape index (κ3) is 4.68. The molecule has 1 aliphatic carbocycles. The van der Waals surface area contributed by atoms with Gasteiger partial charge < -0.3 is 19.5 Å². The molecule has 1 unspecified atom stereocenters. The zero-order valence-corrected chi connectivity index (χ0v) is 20.3. The van der Waals surface area contributed by atoms with Gasteiger partial charge in [0.15, 0.2) is 5.78 Å². The number of carbonyl (C=O) groups is 2. The Balaban J connectivity index is 1.77. The van der Waals surface area contributed by atoms with Gasteiger partial charge in [-0.25, -0.2) is 4.79 Å². The summed E-state index contributed by atoms with van der Waals surface area (Å²) in [7, 11) is 1.60. The van der Waals surface area contributed by atoms with Crippen molar-refractivity contribution in [1.82, 2.24) is 5.32 Å². The lowest BCUT2D eigenvalue weighted by molar-refractivity contribution is -0.138. The number of nitrogens with one attached hydrogen (secondary N) is 1. The second-order valence-corrected chi connectivity index (χ2v) is 8.68. The first-order valence-electron chi connectivity index (χ1n) is 11.4. The van der Waals surface area contributed by atoms with Crippen LogP contribution in [0.5, 0.6) is 11.5 Å². The van der Waals surface area contributed by atoms with Crippen molar-refractivity contribution in [1.29, 1.82) is 0 Å². The molecule has 2 aromatic carbocycles. The molecule has 0 spiro atoms. The summed E-state index contributed by atoms with van der Waals surface area (Å²) in [5, 5.41) is 3.82. The van der Waals surface area contributed by atoms with Gasteiger partial charge in [0.05, 0.1) is 24.3 Å². The van der Waals surface area contributed by atoms with Crippen LogP contribution in [0.25, 0.3) is 0 Å². The summed E-state index contributed by atoms with van der Waals surface area (Å²) < 4.78 is 16.9. The molecule has 0 radical (unpaired) electrons. The highest BCUT2D eigenvalue weighted by atomic mass is 35.5. The maximum atomic E-state index is 13.1. The molecule has 2 aromatic rings. The molecule has 0 amide bonds. The lowest BCUT2D eigenvalue weighted by Crippen LogP contribution is -2.34.